The Balaban J connectivity index is 1.81. The lowest BCUT2D eigenvalue weighted by atomic mass is 10.1. The molecule has 2 unspecified atom stereocenters. The van der Waals surface area contributed by atoms with Crippen molar-refractivity contribution in [3.8, 4) is 5.75 Å². The van der Waals surface area contributed by atoms with E-state index in [9.17, 15) is 0 Å². The van der Waals surface area contributed by atoms with Gasteiger partial charge in [0.15, 0.2) is 0 Å². The second-order valence-corrected chi connectivity index (χ2v) is 7.16. The second-order valence-electron chi connectivity index (χ2n) is 6.01. The first kappa shape index (κ1) is 15.4. The Morgan fingerprint density at radius 3 is 2.77 bits per heavy atom. The molecule has 0 spiro atoms. The highest BCUT2D eigenvalue weighted by Gasteiger charge is 2.25. The quantitative estimate of drug-likeness (QED) is 0.776. The minimum atomic E-state index is 0.244. The fraction of sp³-hybridized carbons (Fsp3) is 0.368. The highest BCUT2D eigenvalue weighted by Crippen LogP contribution is 2.33. The van der Waals surface area contributed by atoms with Gasteiger partial charge < -0.3 is 9.64 Å². The number of hydrogen-bond donors (Lipinski definition) is 0. The maximum absolute atomic E-state index is 6.47. The van der Waals surface area contributed by atoms with Crippen molar-refractivity contribution in [2.24, 2.45) is 0 Å². The first-order valence-corrected chi connectivity index (χ1v) is 8.78. The van der Waals surface area contributed by atoms with Gasteiger partial charge in [-0.2, -0.15) is 0 Å². The van der Waals surface area contributed by atoms with E-state index in [1.54, 1.807) is 0 Å². The van der Waals surface area contributed by atoms with Gasteiger partial charge in [-0.15, -0.1) is 11.8 Å². The third-order valence-electron chi connectivity index (χ3n) is 4.02. The Bertz CT molecular complexity index is 639. The van der Waals surface area contributed by atoms with Gasteiger partial charge in [0.1, 0.15) is 11.9 Å². The third kappa shape index (κ3) is 3.65. The molecular formula is C19H23NOS. The highest BCUT2D eigenvalue weighted by atomic mass is 32.2. The molecule has 0 N–H and O–H groups in total. The molecule has 0 saturated carbocycles. The molecule has 3 heteroatoms. The molecule has 1 aliphatic heterocycles. The number of nitrogens with zero attached hydrogens (tertiary/aromatic N) is 1. The van der Waals surface area contributed by atoms with E-state index in [0.717, 1.165) is 25.1 Å². The van der Waals surface area contributed by atoms with Crippen LogP contribution >= 0.6 is 11.8 Å². The average Bonchev–Trinajstić information content (AvgIpc) is 3.05. The van der Waals surface area contributed by atoms with Crippen molar-refractivity contribution in [2.75, 3.05) is 20.6 Å². The van der Waals surface area contributed by atoms with Crippen molar-refractivity contribution in [1.82, 2.24) is 4.90 Å². The molecular weight excluding hydrogens is 290 g/mol. The summed E-state index contributed by atoms with van der Waals surface area (Å²) in [5.41, 5.74) is 0. The maximum Gasteiger partial charge on any atom is 0.127 e. The lowest BCUT2D eigenvalue weighted by Crippen LogP contribution is -2.31. The number of fused-ring (bicyclic) bond motifs is 1. The van der Waals surface area contributed by atoms with Gasteiger partial charge in [-0.25, -0.2) is 0 Å². The van der Waals surface area contributed by atoms with Crippen LogP contribution in [0.2, 0.25) is 0 Å². The van der Waals surface area contributed by atoms with Crippen LogP contribution in [0.25, 0.3) is 10.8 Å². The van der Waals surface area contributed by atoms with Gasteiger partial charge >= 0.3 is 0 Å². The number of benzene rings is 2. The molecule has 2 aromatic carbocycles. The van der Waals surface area contributed by atoms with Crippen LogP contribution in [0, 0.1) is 0 Å². The number of allylic oxidation sites excluding steroid dienone is 1. The van der Waals surface area contributed by atoms with Gasteiger partial charge in [-0.1, -0.05) is 42.5 Å². The van der Waals surface area contributed by atoms with Crippen molar-refractivity contribution < 1.29 is 4.74 Å². The van der Waals surface area contributed by atoms with Gasteiger partial charge in [-0.3, -0.25) is 0 Å². The number of thioether (sulfide) groups is 1. The Morgan fingerprint density at radius 1 is 1.18 bits per heavy atom. The summed E-state index contributed by atoms with van der Waals surface area (Å²) in [6, 6.07) is 14.8. The SMILES string of the molecule is CN(C)CCC(Oc1cccc2ccccc12)C1CC=CS1. The van der Waals surface area contributed by atoms with E-state index < -0.39 is 0 Å². The maximum atomic E-state index is 6.47. The van der Waals surface area contributed by atoms with Crippen molar-refractivity contribution in [2.45, 2.75) is 24.2 Å². The van der Waals surface area contributed by atoms with Crippen molar-refractivity contribution in [3.63, 3.8) is 0 Å². The van der Waals surface area contributed by atoms with Crippen LogP contribution in [-0.4, -0.2) is 36.9 Å². The van der Waals surface area contributed by atoms with E-state index in [2.05, 4.69) is 72.9 Å². The van der Waals surface area contributed by atoms with Gasteiger partial charge in [-0.05, 0) is 43.8 Å². The van der Waals surface area contributed by atoms with Crippen LogP contribution in [0.1, 0.15) is 12.8 Å². The molecule has 0 amide bonds. The monoisotopic (exact) mass is 313 g/mol. The summed E-state index contributed by atoms with van der Waals surface area (Å²) < 4.78 is 6.47. The highest BCUT2D eigenvalue weighted by molar-refractivity contribution is 8.03. The molecule has 0 aliphatic carbocycles. The first-order chi connectivity index (χ1) is 10.7. The van der Waals surface area contributed by atoms with Crippen molar-refractivity contribution >= 4 is 22.5 Å². The molecule has 0 saturated heterocycles. The van der Waals surface area contributed by atoms with E-state index in [4.69, 9.17) is 4.74 Å². The predicted molar refractivity (Wildman–Crippen MR) is 96.7 cm³/mol. The van der Waals surface area contributed by atoms with E-state index in [-0.39, 0.29) is 6.10 Å². The fourth-order valence-corrected chi connectivity index (χ4v) is 3.82. The number of ether oxygens (including phenoxy) is 1. The smallest absolute Gasteiger partial charge is 0.127 e. The Kier molecular flexibility index (Phi) is 5.06. The van der Waals surface area contributed by atoms with Crippen LogP contribution in [0.4, 0.5) is 0 Å². The molecule has 3 rings (SSSR count). The Hall–Kier alpha value is -1.45. The number of hydrogen-bond acceptors (Lipinski definition) is 3. The zero-order valence-corrected chi connectivity index (χ0v) is 14.1. The minimum absolute atomic E-state index is 0.244. The topological polar surface area (TPSA) is 12.5 Å². The summed E-state index contributed by atoms with van der Waals surface area (Å²) in [6.07, 6.45) is 4.65. The molecule has 116 valence electrons. The first-order valence-electron chi connectivity index (χ1n) is 7.83. The van der Waals surface area contributed by atoms with Gasteiger partial charge in [0, 0.05) is 17.2 Å². The largest absolute Gasteiger partial charge is 0.489 e. The summed E-state index contributed by atoms with van der Waals surface area (Å²) in [5.74, 6) is 1.01. The molecule has 0 bridgehead atoms. The molecule has 1 aliphatic rings. The summed E-state index contributed by atoms with van der Waals surface area (Å²) in [5, 5.41) is 5.18. The van der Waals surface area contributed by atoms with E-state index in [1.165, 1.54) is 10.8 Å². The van der Waals surface area contributed by atoms with E-state index >= 15 is 0 Å². The molecule has 0 radical (unpaired) electrons. The van der Waals surface area contributed by atoms with Crippen LogP contribution in [0.5, 0.6) is 5.75 Å². The zero-order valence-electron chi connectivity index (χ0n) is 13.2. The van der Waals surface area contributed by atoms with Crippen LogP contribution in [0.15, 0.2) is 53.9 Å². The fourth-order valence-electron chi connectivity index (χ4n) is 2.81. The minimum Gasteiger partial charge on any atom is -0.489 e. The summed E-state index contributed by atoms with van der Waals surface area (Å²) in [6.45, 7) is 1.05. The molecule has 0 fully saturated rings. The summed E-state index contributed by atoms with van der Waals surface area (Å²) >= 11 is 1.90. The Morgan fingerprint density at radius 2 is 2.00 bits per heavy atom. The standard InChI is InChI=1S/C19H23NOS/c1-20(2)13-12-18(19-11-6-14-22-19)21-17-10-5-8-15-7-3-4-9-16(15)17/h3-10,14,18-19H,11-13H2,1-2H3. The Labute approximate surface area is 137 Å². The van der Waals surface area contributed by atoms with Crippen LogP contribution in [0.3, 0.4) is 0 Å². The summed E-state index contributed by atoms with van der Waals surface area (Å²) in [7, 11) is 4.24. The van der Waals surface area contributed by atoms with Crippen molar-refractivity contribution in [1.29, 1.82) is 0 Å². The lowest BCUT2D eigenvalue weighted by Gasteiger charge is -2.26. The molecule has 1 heterocycles. The van der Waals surface area contributed by atoms with E-state index in [0.29, 0.717) is 5.25 Å². The number of rotatable bonds is 6. The lowest BCUT2D eigenvalue weighted by molar-refractivity contribution is 0.176. The zero-order chi connectivity index (χ0) is 15.4. The average molecular weight is 313 g/mol. The summed E-state index contributed by atoms with van der Waals surface area (Å²) in [4.78, 5) is 2.23. The van der Waals surface area contributed by atoms with Gasteiger partial charge in [0.25, 0.3) is 0 Å². The normalized spacial score (nSPS) is 19.0. The predicted octanol–water partition coefficient (Wildman–Crippen LogP) is 4.56. The van der Waals surface area contributed by atoms with Gasteiger partial charge in [0.2, 0.25) is 0 Å². The molecule has 2 nitrogen and oxygen atoms in total. The van der Waals surface area contributed by atoms with Crippen LogP contribution < -0.4 is 4.74 Å². The van der Waals surface area contributed by atoms with Crippen LogP contribution in [-0.2, 0) is 0 Å². The molecule has 2 atom stereocenters. The van der Waals surface area contributed by atoms with Crippen molar-refractivity contribution in [3.05, 3.63) is 53.9 Å². The molecule has 22 heavy (non-hydrogen) atoms. The second kappa shape index (κ2) is 7.21. The van der Waals surface area contributed by atoms with Gasteiger partial charge in [0.05, 0.1) is 0 Å². The molecule has 2 aromatic rings. The van der Waals surface area contributed by atoms with E-state index in [1.807, 2.05) is 11.8 Å². The third-order valence-corrected chi connectivity index (χ3v) is 5.22. The molecule has 0 aromatic heterocycles.